The molecular formula is C24H25FN4O3. The first-order valence-electron chi connectivity index (χ1n) is 11.2. The highest BCUT2D eigenvalue weighted by Crippen LogP contribution is 2.51. The van der Waals surface area contributed by atoms with Crippen LogP contribution in [0.15, 0.2) is 41.5 Å². The van der Waals surface area contributed by atoms with Crippen LogP contribution in [0.2, 0.25) is 0 Å². The Kier molecular flexibility index (Phi) is 4.38. The number of piperidine rings is 1. The Labute approximate surface area is 185 Å². The van der Waals surface area contributed by atoms with Crippen LogP contribution in [0.1, 0.15) is 31.2 Å². The average molecular weight is 436 g/mol. The number of carbonyl (C=O) groups excluding carboxylic acids is 1. The molecule has 0 unspecified atom stereocenters. The summed E-state index contributed by atoms with van der Waals surface area (Å²) in [7, 11) is 0. The molecule has 166 valence electrons. The van der Waals surface area contributed by atoms with Crippen LogP contribution in [0.5, 0.6) is 5.75 Å². The monoisotopic (exact) mass is 436 g/mol. The third-order valence-corrected chi connectivity index (χ3v) is 7.22. The number of rotatable bonds is 3. The highest BCUT2D eigenvalue weighted by Gasteiger charge is 2.56. The molecule has 0 radical (unpaired) electrons. The highest BCUT2D eigenvalue weighted by atomic mass is 19.1. The minimum absolute atomic E-state index is 0.0910. The first-order chi connectivity index (χ1) is 15.5. The lowest BCUT2D eigenvalue weighted by Crippen LogP contribution is -2.58. The predicted octanol–water partition coefficient (Wildman–Crippen LogP) is 2.84. The smallest absolute Gasteiger partial charge is 0.283 e. The maximum atomic E-state index is 14.4. The fourth-order valence-corrected chi connectivity index (χ4v) is 5.33. The standard InChI is InChI=1S/C24H25FN4O3/c25-22-16(2-1-8-27-22)15-5-6-19-17(11-15)24(13-31-23(26)28-24)18-12-29(9-7-20(18)32-19)21(30)10-14-3-4-14/h1-2,5-6,8,11,14,18,20H,3-4,7,9-10,12-13H2,(H2,26,28)/t18-,20-,24-/m0/s1. The number of likely N-dealkylation sites (tertiary alicyclic amines) is 1. The zero-order chi connectivity index (χ0) is 21.9. The minimum Gasteiger partial charge on any atom is -0.490 e. The summed E-state index contributed by atoms with van der Waals surface area (Å²) in [5.41, 5.74) is 7.14. The third kappa shape index (κ3) is 3.12. The molecule has 3 atom stereocenters. The number of carbonyl (C=O) groups is 1. The Balaban J connectivity index is 1.40. The van der Waals surface area contributed by atoms with Gasteiger partial charge in [-0.2, -0.15) is 4.39 Å². The number of fused-ring (bicyclic) bond motifs is 4. The number of aliphatic imine (C=N–C) groups is 1. The molecular weight excluding hydrogens is 411 g/mol. The largest absolute Gasteiger partial charge is 0.490 e. The number of halogens is 1. The van der Waals surface area contributed by atoms with Gasteiger partial charge in [0.25, 0.3) is 6.02 Å². The minimum atomic E-state index is -0.768. The number of amidine groups is 1. The number of ether oxygens (including phenoxy) is 2. The van der Waals surface area contributed by atoms with Gasteiger partial charge in [-0.3, -0.25) is 4.79 Å². The molecule has 1 saturated heterocycles. The SMILES string of the molecule is NC1=N[C@@]2(CO1)c1cc(-c3cccnc3F)ccc1O[C@H]1CCN(C(=O)CC3CC3)C[C@@H]12. The summed E-state index contributed by atoms with van der Waals surface area (Å²) in [4.78, 5) is 23.4. The maximum absolute atomic E-state index is 14.4. The van der Waals surface area contributed by atoms with Crippen LogP contribution in [0.3, 0.4) is 0 Å². The number of pyridine rings is 1. The number of hydrogen-bond acceptors (Lipinski definition) is 6. The van der Waals surface area contributed by atoms with Gasteiger partial charge in [-0.25, -0.2) is 9.98 Å². The maximum Gasteiger partial charge on any atom is 0.283 e. The van der Waals surface area contributed by atoms with Crippen molar-refractivity contribution in [3.05, 3.63) is 48.0 Å². The number of amides is 1. The molecule has 7 nitrogen and oxygen atoms in total. The molecule has 1 amide bonds. The zero-order valence-electron chi connectivity index (χ0n) is 17.7. The van der Waals surface area contributed by atoms with Crippen molar-refractivity contribution in [3.8, 4) is 16.9 Å². The summed E-state index contributed by atoms with van der Waals surface area (Å²) in [5.74, 6) is 0.823. The Morgan fingerprint density at radius 1 is 1.28 bits per heavy atom. The van der Waals surface area contributed by atoms with Crippen molar-refractivity contribution in [1.82, 2.24) is 9.88 Å². The molecule has 8 heteroatoms. The molecule has 6 rings (SSSR count). The molecule has 32 heavy (non-hydrogen) atoms. The molecule has 1 saturated carbocycles. The number of hydrogen-bond donors (Lipinski definition) is 1. The Morgan fingerprint density at radius 2 is 2.16 bits per heavy atom. The van der Waals surface area contributed by atoms with Gasteiger partial charge in [0.15, 0.2) is 0 Å². The van der Waals surface area contributed by atoms with Crippen molar-refractivity contribution in [2.45, 2.75) is 37.3 Å². The lowest BCUT2D eigenvalue weighted by Gasteiger charge is -2.49. The molecule has 3 aliphatic heterocycles. The Hall–Kier alpha value is -3.16. The van der Waals surface area contributed by atoms with Gasteiger partial charge in [0.05, 0.1) is 0 Å². The van der Waals surface area contributed by atoms with E-state index in [0.717, 1.165) is 24.8 Å². The van der Waals surface area contributed by atoms with E-state index >= 15 is 0 Å². The number of aromatic nitrogens is 1. The summed E-state index contributed by atoms with van der Waals surface area (Å²) in [6.45, 7) is 1.50. The van der Waals surface area contributed by atoms with Crippen molar-refractivity contribution >= 4 is 11.9 Å². The van der Waals surface area contributed by atoms with Crippen molar-refractivity contribution in [3.63, 3.8) is 0 Å². The van der Waals surface area contributed by atoms with Gasteiger partial charge in [0.2, 0.25) is 11.9 Å². The molecule has 4 aliphatic rings. The first kappa shape index (κ1) is 19.5. The summed E-state index contributed by atoms with van der Waals surface area (Å²) >= 11 is 0. The van der Waals surface area contributed by atoms with Gasteiger partial charge in [-0.1, -0.05) is 6.07 Å². The van der Waals surface area contributed by atoms with E-state index < -0.39 is 11.5 Å². The topological polar surface area (TPSA) is 90.0 Å². The second-order valence-corrected chi connectivity index (χ2v) is 9.25. The fraction of sp³-hybridized carbons (Fsp3) is 0.458. The van der Waals surface area contributed by atoms with Crippen molar-refractivity contribution in [2.24, 2.45) is 22.6 Å². The highest BCUT2D eigenvalue weighted by molar-refractivity contribution is 5.78. The summed E-state index contributed by atoms with van der Waals surface area (Å²) < 4.78 is 26.5. The molecule has 1 aliphatic carbocycles. The van der Waals surface area contributed by atoms with Crippen molar-refractivity contribution in [2.75, 3.05) is 19.7 Å². The van der Waals surface area contributed by atoms with Gasteiger partial charge in [0.1, 0.15) is 24.0 Å². The second-order valence-electron chi connectivity index (χ2n) is 9.25. The van der Waals surface area contributed by atoms with Crippen LogP contribution in [0.25, 0.3) is 11.1 Å². The lowest BCUT2D eigenvalue weighted by molar-refractivity contribution is -0.137. The van der Waals surface area contributed by atoms with Gasteiger partial charge in [-0.05, 0) is 48.6 Å². The van der Waals surface area contributed by atoms with Crippen LogP contribution in [0.4, 0.5) is 4.39 Å². The third-order valence-electron chi connectivity index (χ3n) is 7.22. The van der Waals surface area contributed by atoms with E-state index in [1.165, 1.54) is 6.20 Å². The van der Waals surface area contributed by atoms with Crippen LogP contribution < -0.4 is 10.5 Å². The summed E-state index contributed by atoms with van der Waals surface area (Å²) in [6.07, 6.45) is 4.98. The quantitative estimate of drug-likeness (QED) is 0.748. The number of benzene rings is 1. The Bertz CT molecular complexity index is 1120. The molecule has 2 fully saturated rings. The van der Waals surface area contributed by atoms with E-state index in [-0.39, 0.29) is 30.6 Å². The van der Waals surface area contributed by atoms with Gasteiger partial charge in [-0.15, -0.1) is 0 Å². The van der Waals surface area contributed by atoms with Gasteiger partial charge >= 0.3 is 0 Å². The molecule has 1 aromatic carbocycles. The van der Waals surface area contributed by atoms with E-state index in [1.54, 1.807) is 12.1 Å². The normalized spacial score (nSPS) is 28.4. The number of nitrogens with zero attached hydrogens (tertiary/aromatic N) is 3. The fourth-order valence-electron chi connectivity index (χ4n) is 5.33. The molecule has 1 spiro atoms. The first-order valence-corrected chi connectivity index (χ1v) is 11.2. The van der Waals surface area contributed by atoms with E-state index in [4.69, 9.17) is 20.2 Å². The van der Waals surface area contributed by atoms with Gasteiger partial charge < -0.3 is 20.1 Å². The van der Waals surface area contributed by atoms with Crippen LogP contribution in [0, 0.1) is 17.8 Å². The molecule has 4 heterocycles. The lowest BCUT2D eigenvalue weighted by atomic mass is 9.71. The van der Waals surface area contributed by atoms with Gasteiger partial charge in [0, 0.05) is 49.2 Å². The van der Waals surface area contributed by atoms with Crippen LogP contribution in [-0.2, 0) is 15.1 Å². The van der Waals surface area contributed by atoms with Crippen LogP contribution in [-0.4, -0.2) is 47.6 Å². The van der Waals surface area contributed by atoms with E-state index in [9.17, 15) is 9.18 Å². The average Bonchev–Trinajstić information content (AvgIpc) is 3.53. The van der Waals surface area contributed by atoms with E-state index in [2.05, 4.69) is 4.98 Å². The molecule has 2 aromatic rings. The van der Waals surface area contributed by atoms with E-state index in [0.29, 0.717) is 42.3 Å². The zero-order valence-corrected chi connectivity index (χ0v) is 17.7. The van der Waals surface area contributed by atoms with E-state index in [1.807, 2.05) is 23.1 Å². The summed E-state index contributed by atoms with van der Waals surface area (Å²) in [6, 6.07) is 9.15. The van der Waals surface area contributed by atoms with Crippen LogP contribution >= 0.6 is 0 Å². The summed E-state index contributed by atoms with van der Waals surface area (Å²) in [5, 5.41) is 0. The molecule has 1 aromatic heterocycles. The van der Waals surface area contributed by atoms with Crippen molar-refractivity contribution in [1.29, 1.82) is 0 Å². The second kappa shape index (κ2) is 7.18. The molecule has 2 N–H and O–H groups in total. The van der Waals surface area contributed by atoms with Crippen molar-refractivity contribution < 1.29 is 18.7 Å². The predicted molar refractivity (Wildman–Crippen MR) is 115 cm³/mol. The Morgan fingerprint density at radius 3 is 2.91 bits per heavy atom. The number of nitrogens with two attached hydrogens (primary N) is 1. The molecule has 0 bridgehead atoms.